The van der Waals surface area contributed by atoms with E-state index >= 15 is 0 Å². The van der Waals surface area contributed by atoms with Gasteiger partial charge in [0.1, 0.15) is 0 Å². The number of hydrogen-bond donors (Lipinski definition) is 1. The van der Waals surface area contributed by atoms with Crippen LogP contribution in [0.25, 0.3) is 0 Å². The Balaban J connectivity index is 2.90. The topological polar surface area (TPSA) is 26.0 Å². The minimum absolute atomic E-state index is 0.443. The van der Waals surface area contributed by atoms with Gasteiger partial charge >= 0.3 is 0 Å². The zero-order chi connectivity index (χ0) is 11.3. The quantitative estimate of drug-likeness (QED) is 0.810. The van der Waals surface area contributed by atoms with Gasteiger partial charge in [-0.25, -0.2) is 0 Å². The lowest BCUT2D eigenvalue weighted by atomic mass is 9.83. The molecule has 0 aliphatic heterocycles. The van der Waals surface area contributed by atoms with Crippen molar-refractivity contribution in [1.82, 2.24) is 0 Å². The van der Waals surface area contributed by atoms with Gasteiger partial charge in [0, 0.05) is 5.02 Å². The van der Waals surface area contributed by atoms with Crippen LogP contribution in [-0.4, -0.2) is 6.54 Å². The van der Waals surface area contributed by atoms with E-state index in [-0.39, 0.29) is 0 Å². The molecule has 15 heavy (non-hydrogen) atoms. The van der Waals surface area contributed by atoms with Crippen LogP contribution in [0.4, 0.5) is 0 Å². The standard InChI is InChI=1S/C13H20ClN/c1-3-10(4-2)13(9-15)11-6-5-7-12(14)8-11/h5-8,10,13H,3-4,9,15H2,1-2H3. The van der Waals surface area contributed by atoms with E-state index in [4.69, 9.17) is 17.3 Å². The zero-order valence-electron chi connectivity index (χ0n) is 9.54. The van der Waals surface area contributed by atoms with Crippen molar-refractivity contribution < 1.29 is 0 Å². The Morgan fingerprint density at radius 3 is 2.40 bits per heavy atom. The second kappa shape index (κ2) is 6.14. The summed E-state index contributed by atoms with van der Waals surface area (Å²) in [6, 6.07) is 8.08. The number of benzene rings is 1. The average Bonchev–Trinajstić information content (AvgIpc) is 2.25. The van der Waals surface area contributed by atoms with Gasteiger partial charge in [0.05, 0.1) is 0 Å². The fourth-order valence-electron chi connectivity index (χ4n) is 2.20. The zero-order valence-corrected chi connectivity index (χ0v) is 10.3. The van der Waals surface area contributed by atoms with E-state index < -0.39 is 0 Å². The van der Waals surface area contributed by atoms with Gasteiger partial charge in [-0.2, -0.15) is 0 Å². The van der Waals surface area contributed by atoms with Crippen molar-refractivity contribution in [3.05, 3.63) is 34.9 Å². The van der Waals surface area contributed by atoms with E-state index in [0.717, 1.165) is 5.02 Å². The lowest BCUT2D eigenvalue weighted by molar-refractivity contribution is 0.402. The van der Waals surface area contributed by atoms with Crippen LogP contribution in [0.2, 0.25) is 5.02 Å². The van der Waals surface area contributed by atoms with Crippen molar-refractivity contribution in [2.24, 2.45) is 11.7 Å². The summed E-state index contributed by atoms with van der Waals surface area (Å²) < 4.78 is 0. The number of hydrogen-bond acceptors (Lipinski definition) is 1. The normalized spacial score (nSPS) is 13.1. The Kier molecular flexibility index (Phi) is 5.13. The van der Waals surface area contributed by atoms with Gasteiger partial charge in [-0.1, -0.05) is 50.4 Å². The van der Waals surface area contributed by atoms with Gasteiger partial charge < -0.3 is 5.73 Å². The van der Waals surface area contributed by atoms with Crippen molar-refractivity contribution in [2.45, 2.75) is 32.6 Å². The van der Waals surface area contributed by atoms with Crippen LogP contribution in [0.3, 0.4) is 0 Å². The fraction of sp³-hybridized carbons (Fsp3) is 0.538. The third kappa shape index (κ3) is 3.22. The van der Waals surface area contributed by atoms with Crippen molar-refractivity contribution in [1.29, 1.82) is 0 Å². The molecule has 0 heterocycles. The molecule has 0 radical (unpaired) electrons. The maximum absolute atomic E-state index is 6.00. The lowest BCUT2D eigenvalue weighted by Crippen LogP contribution is -2.20. The summed E-state index contributed by atoms with van der Waals surface area (Å²) >= 11 is 6.00. The Morgan fingerprint density at radius 2 is 1.93 bits per heavy atom. The smallest absolute Gasteiger partial charge is 0.0408 e. The molecular weight excluding hydrogens is 206 g/mol. The van der Waals surface area contributed by atoms with E-state index in [1.807, 2.05) is 18.2 Å². The number of rotatable bonds is 5. The van der Waals surface area contributed by atoms with Crippen LogP contribution in [0.15, 0.2) is 24.3 Å². The van der Waals surface area contributed by atoms with Gasteiger partial charge in [0.2, 0.25) is 0 Å². The maximum Gasteiger partial charge on any atom is 0.0408 e. The first-order chi connectivity index (χ1) is 7.22. The molecule has 2 N–H and O–H groups in total. The highest BCUT2D eigenvalue weighted by molar-refractivity contribution is 6.30. The first-order valence-electron chi connectivity index (χ1n) is 5.68. The first-order valence-corrected chi connectivity index (χ1v) is 6.06. The molecule has 0 aromatic heterocycles. The summed E-state index contributed by atoms with van der Waals surface area (Å²) in [7, 11) is 0. The molecule has 2 heteroatoms. The molecule has 0 aliphatic carbocycles. The van der Waals surface area contributed by atoms with Gasteiger partial charge in [-0.05, 0) is 36.1 Å². The second-order valence-electron chi connectivity index (χ2n) is 3.97. The summed E-state index contributed by atoms with van der Waals surface area (Å²) in [4.78, 5) is 0. The molecule has 0 aliphatic rings. The van der Waals surface area contributed by atoms with E-state index in [9.17, 15) is 0 Å². The van der Waals surface area contributed by atoms with E-state index in [0.29, 0.717) is 18.4 Å². The Bertz CT molecular complexity index is 294. The molecule has 1 aromatic rings. The molecule has 0 saturated carbocycles. The van der Waals surface area contributed by atoms with Crippen LogP contribution in [0, 0.1) is 5.92 Å². The summed E-state index contributed by atoms with van der Waals surface area (Å²) in [5, 5.41) is 0.803. The highest BCUT2D eigenvalue weighted by Crippen LogP contribution is 2.29. The van der Waals surface area contributed by atoms with Crippen molar-refractivity contribution >= 4 is 11.6 Å². The third-order valence-electron chi connectivity index (χ3n) is 3.15. The predicted molar refractivity (Wildman–Crippen MR) is 67.3 cm³/mol. The van der Waals surface area contributed by atoms with Crippen molar-refractivity contribution in [3.63, 3.8) is 0 Å². The molecule has 0 saturated heterocycles. The predicted octanol–water partition coefficient (Wildman–Crippen LogP) is 3.82. The molecule has 1 atom stereocenters. The van der Waals surface area contributed by atoms with Gasteiger partial charge in [-0.15, -0.1) is 0 Å². The summed E-state index contributed by atoms with van der Waals surface area (Å²) in [6.45, 7) is 5.15. The van der Waals surface area contributed by atoms with Gasteiger partial charge in [-0.3, -0.25) is 0 Å². The van der Waals surface area contributed by atoms with E-state index in [1.165, 1.54) is 18.4 Å². The molecular formula is C13H20ClN. The average molecular weight is 226 g/mol. The Morgan fingerprint density at radius 1 is 1.27 bits per heavy atom. The van der Waals surface area contributed by atoms with Crippen LogP contribution in [0.5, 0.6) is 0 Å². The molecule has 1 unspecified atom stereocenters. The summed E-state index contributed by atoms with van der Waals surface area (Å²) in [5.41, 5.74) is 7.14. The molecule has 1 rings (SSSR count). The van der Waals surface area contributed by atoms with E-state index in [1.54, 1.807) is 0 Å². The maximum atomic E-state index is 6.00. The van der Waals surface area contributed by atoms with Crippen LogP contribution in [0.1, 0.15) is 38.2 Å². The second-order valence-corrected chi connectivity index (χ2v) is 4.41. The third-order valence-corrected chi connectivity index (χ3v) is 3.38. The minimum Gasteiger partial charge on any atom is -0.330 e. The van der Waals surface area contributed by atoms with Crippen LogP contribution >= 0.6 is 11.6 Å². The molecule has 0 amide bonds. The SMILES string of the molecule is CCC(CC)C(CN)c1cccc(Cl)c1. The Labute approximate surface area is 97.6 Å². The monoisotopic (exact) mass is 225 g/mol. The fourth-order valence-corrected chi connectivity index (χ4v) is 2.39. The highest BCUT2D eigenvalue weighted by atomic mass is 35.5. The number of halogens is 1. The molecule has 84 valence electrons. The Hall–Kier alpha value is -0.530. The molecule has 0 spiro atoms. The molecule has 1 aromatic carbocycles. The first kappa shape index (κ1) is 12.5. The van der Waals surface area contributed by atoms with Crippen LogP contribution < -0.4 is 5.73 Å². The molecule has 0 bridgehead atoms. The minimum atomic E-state index is 0.443. The van der Waals surface area contributed by atoms with Crippen LogP contribution in [-0.2, 0) is 0 Å². The van der Waals surface area contributed by atoms with E-state index in [2.05, 4.69) is 19.9 Å². The lowest BCUT2D eigenvalue weighted by Gasteiger charge is -2.24. The number of nitrogens with two attached hydrogens (primary N) is 1. The summed E-state index contributed by atoms with van der Waals surface area (Å²) in [5.74, 6) is 1.10. The summed E-state index contributed by atoms with van der Waals surface area (Å²) in [6.07, 6.45) is 2.34. The highest BCUT2D eigenvalue weighted by Gasteiger charge is 2.18. The largest absolute Gasteiger partial charge is 0.330 e. The van der Waals surface area contributed by atoms with Crippen molar-refractivity contribution in [2.75, 3.05) is 6.54 Å². The van der Waals surface area contributed by atoms with Gasteiger partial charge in [0.25, 0.3) is 0 Å². The molecule has 1 nitrogen and oxygen atoms in total. The van der Waals surface area contributed by atoms with Crippen molar-refractivity contribution in [3.8, 4) is 0 Å². The van der Waals surface area contributed by atoms with Gasteiger partial charge in [0.15, 0.2) is 0 Å². The molecule has 0 fully saturated rings.